The molecule has 0 bridgehead atoms. The maximum atomic E-state index is 4.55. The number of anilines is 1. The molecule has 0 spiro atoms. The summed E-state index contributed by atoms with van der Waals surface area (Å²) in [5.41, 5.74) is 1.29. The van der Waals surface area contributed by atoms with Crippen LogP contribution in [-0.4, -0.2) is 25.6 Å². The van der Waals surface area contributed by atoms with E-state index in [9.17, 15) is 0 Å². The van der Waals surface area contributed by atoms with E-state index in [1.165, 1.54) is 10.6 Å². The maximum absolute atomic E-state index is 4.55. The van der Waals surface area contributed by atoms with Gasteiger partial charge in [-0.25, -0.2) is 4.98 Å². The summed E-state index contributed by atoms with van der Waals surface area (Å²) in [5.74, 6) is 0. The molecular formula is C8H13N3S. The molecule has 0 fully saturated rings. The minimum absolute atomic E-state index is 1.00. The molecule has 4 heteroatoms. The summed E-state index contributed by atoms with van der Waals surface area (Å²) in [4.78, 5) is 8.03. The average molecular weight is 183 g/mol. The molecule has 2 rings (SSSR count). The summed E-state index contributed by atoms with van der Waals surface area (Å²) in [6, 6.07) is 0. The number of aromatic nitrogens is 1. The maximum Gasteiger partial charge on any atom is 0.185 e. The van der Waals surface area contributed by atoms with Gasteiger partial charge in [0, 0.05) is 38.5 Å². The van der Waals surface area contributed by atoms with Crippen LogP contribution in [0.15, 0.2) is 0 Å². The summed E-state index contributed by atoms with van der Waals surface area (Å²) < 4.78 is 0. The third-order valence-electron chi connectivity index (χ3n) is 1.97. The Morgan fingerprint density at radius 3 is 3.00 bits per heavy atom. The third kappa shape index (κ3) is 1.32. The van der Waals surface area contributed by atoms with Crippen molar-refractivity contribution < 1.29 is 0 Å². The fraction of sp³-hybridized carbons (Fsp3) is 0.625. The van der Waals surface area contributed by atoms with Gasteiger partial charge in [-0.05, 0) is 0 Å². The van der Waals surface area contributed by atoms with Crippen LogP contribution in [0.2, 0.25) is 0 Å². The average Bonchev–Trinajstić information content (AvgIpc) is 2.46. The summed E-state index contributed by atoms with van der Waals surface area (Å²) in [6.45, 7) is 2.07. The Morgan fingerprint density at radius 2 is 2.33 bits per heavy atom. The molecule has 0 amide bonds. The molecular weight excluding hydrogens is 170 g/mol. The van der Waals surface area contributed by atoms with Gasteiger partial charge in [-0.2, -0.15) is 0 Å². The van der Waals surface area contributed by atoms with Crippen LogP contribution in [0, 0.1) is 0 Å². The van der Waals surface area contributed by atoms with Crippen molar-refractivity contribution in [3.63, 3.8) is 0 Å². The Balaban J connectivity index is 2.32. The van der Waals surface area contributed by atoms with Gasteiger partial charge in [-0.1, -0.05) is 0 Å². The molecule has 66 valence electrons. The first-order valence-electron chi connectivity index (χ1n) is 4.14. The lowest BCUT2D eigenvalue weighted by atomic mass is 10.2. The number of nitrogens with one attached hydrogen (secondary N) is 1. The van der Waals surface area contributed by atoms with Crippen molar-refractivity contribution in [3.05, 3.63) is 10.6 Å². The number of nitrogens with zero attached hydrogens (tertiary/aromatic N) is 2. The normalized spacial score (nSPS) is 15.8. The summed E-state index contributed by atoms with van der Waals surface area (Å²) in [7, 11) is 4.08. The van der Waals surface area contributed by atoms with Crippen LogP contribution in [0.1, 0.15) is 10.6 Å². The van der Waals surface area contributed by atoms with Crippen molar-refractivity contribution in [1.29, 1.82) is 0 Å². The second kappa shape index (κ2) is 3.03. The first-order chi connectivity index (χ1) is 5.77. The molecule has 1 aromatic heterocycles. The van der Waals surface area contributed by atoms with E-state index in [4.69, 9.17) is 0 Å². The highest BCUT2D eigenvalue weighted by atomic mass is 32.1. The first-order valence-corrected chi connectivity index (χ1v) is 4.95. The van der Waals surface area contributed by atoms with Crippen molar-refractivity contribution >= 4 is 16.5 Å². The van der Waals surface area contributed by atoms with E-state index >= 15 is 0 Å². The molecule has 2 heterocycles. The predicted molar refractivity (Wildman–Crippen MR) is 51.9 cm³/mol. The van der Waals surface area contributed by atoms with Gasteiger partial charge >= 0.3 is 0 Å². The van der Waals surface area contributed by atoms with Crippen LogP contribution in [0.4, 0.5) is 5.13 Å². The van der Waals surface area contributed by atoms with Gasteiger partial charge in [0.2, 0.25) is 0 Å². The Kier molecular flexibility index (Phi) is 2.02. The molecule has 12 heavy (non-hydrogen) atoms. The lowest BCUT2D eigenvalue weighted by Gasteiger charge is -2.09. The lowest BCUT2D eigenvalue weighted by Crippen LogP contribution is -2.22. The number of hydrogen-bond donors (Lipinski definition) is 1. The highest BCUT2D eigenvalue weighted by Gasteiger charge is 2.14. The van der Waals surface area contributed by atoms with Gasteiger partial charge in [0.15, 0.2) is 5.13 Å². The molecule has 0 saturated heterocycles. The minimum atomic E-state index is 1.00. The van der Waals surface area contributed by atoms with E-state index in [-0.39, 0.29) is 0 Å². The zero-order valence-corrected chi connectivity index (χ0v) is 8.24. The Bertz CT molecular complexity index is 256. The van der Waals surface area contributed by atoms with E-state index in [1.807, 2.05) is 14.1 Å². The number of rotatable bonds is 1. The number of thiazole rings is 1. The molecule has 0 atom stereocenters. The number of fused-ring (bicyclic) bond motifs is 1. The van der Waals surface area contributed by atoms with Crippen molar-refractivity contribution in [2.45, 2.75) is 13.0 Å². The standard InChI is InChI=1S/C8H13N3S/c1-11(2)8-10-6-3-4-9-5-7(6)12-8/h9H,3-5H2,1-2H3. The Hall–Kier alpha value is -0.610. The van der Waals surface area contributed by atoms with Gasteiger partial charge in [0.25, 0.3) is 0 Å². The molecule has 0 unspecified atom stereocenters. The fourth-order valence-electron chi connectivity index (χ4n) is 1.30. The fourth-order valence-corrected chi connectivity index (χ4v) is 2.30. The van der Waals surface area contributed by atoms with Crippen LogP contribution in [0.5, 0.6) is 0 Å². The van der Waals surface area contributed by atoms with Crippen molar-refractivity contribution in [2.75, 3.05) is 25.5 Å². The zero-order chi connectivity index (χ0) is 8.55. The van der Waals surface area contributed by atoms with E-state index in [2.05, 4.69) is 15.2 Å². The first kappa shape index (κ1) is 8.01. The van der Waals surface area contributed by atoms with Gasteiger partial charge in [-0.3, -0.25) is 0 Å². The molecule has 1 aliphatic rings. The van der Waals surface area contributed by atoms with Crippen LogP contribution < -0.4 is 10.2 Å². The molecule has 0 aromatic carbocycles. The van der Waals surface area contributed by atoms with E-state index < -0.39 is 0 Å². The second-order valence-electron chi connectivity index (χ2n) is 3.19. The Labute approximate surface area is 76.4 Å². The van der Waals surface area contributed by atoms with E-state index in [1.54, 1.807) is 11.3 Å². The van der Waals surface area contributed by atoms with Crippen molar-refractivity contribution in [1.82, 2.24) is 10.3 Å². The zero-order valence-electron chi connectivity index (χ0n) is 7.42. The largest absolute Gasteiger partial charge is 0.354 e. The summed E-state index contributed by atoms with van der Waals surface area (Å²) in [6.07, 6.45) is 1.08. The molecule has 1 aromatic rings. The van der Waals surface area contributed by atoms with E-state index in [0.29, 0.717) is 0 Å². The minimum Gasteiger partial charge on any atom is -0.354 e. The van der Waals surface area contributed by atoms with Gasteiger partial charge in [0.1, 0.15) is 0 Å². The van der Waals surface area contributed by atoms with Crippen LogP contribution >= 0.6 is 11.3 Å². The molecule has 0 saturated carbocycles. The van der Waals surface area contributed by atoms with Crippen molar-refractivity contribution in [2.24, 2.45) is 0 Å². The highest BCUT2D eigenvalue weighted by Crippen LogP contribution is 2.26. The van der Waals surface area contributed by atoms with Crippen molar-refractivity contribution in [3.8, 4) is 0 Å². The Morgan fingerprint density at radius 1 is 1.50 bits per heavy atom. The lowest BCUT2D eigenvalue weighted by molar-refractivity contribution is 0.643. The predicted octanol–water partition coefficient (Wildman–Crippen LogP) is 0.855. The SMILES string of the molecule is CN(C)c1nc2c(s1)CNCC2. The van der Waals surface area contributed by atoms with Crippen LogP contribution in [0.3, 0.4) is 0 Å². The quantitative estimate of drug-likeness (QED) is 0.700. The third-order valence-corrected chi connectivity index (χ3v) is 3.24. The monoisotopic (exact) mass is 183 g/mol. The van der Waals surface area contributed by atoms with Crippen LogP contribution in [0.25, 0.3) is 0 Å². The van der Waals surface area contributed by atoms with Gasteiger partial charge in [-0.15, -0.1) is 11.3 Å². The second-order valence-corrected chi connectivity index (χ2v) is 4.25. The summed E-state index contributed by atoms with van der Waals surface area (Å²) >= 11 is 1.80. The van der Waals surface area contributed by atoms with E-state index in [0.717, 1.165) is 24.6 Å². The molecule has 1 N–H and O–H groups in total. The molecule has 0 radical (unpaired) electrons. The highest BCUT2D eigenvalue weighted by molar-refractivity contribution is 7.15. The molecule has 1 aliphatic heterocycles. The number of hydrogen-bond acceptors (Lipinski definition) is 4. The molecule has 3 nitrogen and oxygen atoms in total. The topological polar surface area (TPSA) is 28.2 Å². The smallest absolute Gasteiger partial charge is 0.185 e. The van der Waals surface area contributed by atoms with Gasteiger partial charge < -0.3 is 10.2 Å². The molecule has 0 aliphatic carbocycles. The van der Waals surface area contributed by atoms with Gasteiger partial charge in [0.05, 0.1) is 5.69 Å². The summed E-state index contributed by atoms with van der Waals surface area (Å²) in [5, 5.41) is 4.47. The van der Waals surface area contributed by atoms with Crippen LogP contribution in [-0.2, 0) is 13.0 Å².